The molecule has 0 radical (unpaired) electrons. The molecule has 1 aromatic carbocycles. The summed E-state index contributed by atoms with van der Waals surface area (Å²) in [4.78, 5) is 2.59. The van der Waals surface area contributed by atoms with Crippen molar-refractivity contribution in [2.75, 3.05) is 19.6 Å². The van der Waals surface area contributed by atoms with Crippen molar-refractivity contribution in [3.05, 3.63) is 34.3 Å². The maximum Gasteiger partial charge on any atom is 0.0307 e. The quantitative estimate of drug-likeness (QED) is 0.835. The van der Waals surface area contributed by atoms with E-state index in [1.807, 2.05) is 0 Å². The van der Waals surface area contributed by atoms with Crippen LogP contribution in [0.4, 0.5) is 0 Å². The largest absolute Gasteiger partial charge is 0.324 e. The van der Waals surface area contributed by atoms with E-state index in [0.717, 1.165) is 23.4 Å². The lowest BCUT2D eigenvalue weighted by atomic mass is 9.92. The van der Waals surface area contributed by atoms with E-state index in [9.17, 15) is 0 Å². The molecule has 0 spiro atoms. The Morgan fingerprint density at radius 1 is 1.25 bits per heavy atom. The van der Waals surface area contributed by atoms with Crippen molar-refractivity contribution in [3.63, 3.8) is 0 Å². The van der Waals surface area contributed by atoms with Crippen LogP contribution >= 0.6 is 15.9 Å². The van der Waals surface area contributed by atoms with E-state index in [-0.39, 0.29) is 6.04 Å². The molecule has 1 atom stereocenters. The second-order valence-corrected chi connectivity index (χ2v) is 6.94. The fourth-order valence-electron chi connectivity index (χ4n) is 3.11. The molecule has 0 aliphatic carbocycles. The van der Waals surface area contributed by atoms with Crippen molar-refractivity contribution in [2.45, 2.75) is 45.1 Å². The molecule has 3 heteroatoms. The van der Waals surface area contributed by atoms with Crippen LogP contribution < -0.4 is 5.73 Å². The SMILES string of the molecule is CCCC1CCN(CCC(N)c2ccc(Br)cc2)CC1. The van der Waals surface area contributed by atoms with Crippen LogP contribution in [-0.2, 0) is 0 Å². The Kier molecular flexibility index (Phi) is 6.53. The third kappa shape index (κ3) is 4.87. The van der Waals surface area contributed by atoms with E-state index >= 15 is 0 Å². The van der Waals surface area contributed by atoms with Crippen molar-refractivity contribution in [3.8, 4) is 0 Å². The molecular formula is C17H27BrN2. The monoisotopic (exact) mass is 338 g/mol. The van der Waals surface area contributed by atoms with Crippen LogP contribution in [0.25, 0.3) is 0 Å². The molecule has 1 aromatic rings. The molecule has 1 saturated heterocycles. The van der Waals surface area contributed by atoms with E-state index in [0.29, 0.717) is 0 Å². The molecule has 0 bridgehead atoms. The molecule has 1 fully saturated rings. The van der Waals surface area contributed by atoms with Gasteiger partial charge in [-0.1, -0.05) is 47.8 Å². The van der Waals surface area contributed by atoms with Gasteiger partial charge in [-0.2, -0.15) is 0 Å². The van der Waals surface area contributed by atoms with Gasteiger partial charge >= 0.3 is 0 Å². The highest BCUT2D eigenvalue weighted by molar-refractivity contribution is 9.10. The Labute approximate surface area is 131 Å². The first-order chi connectivity index (χ1) is 9.69. The Hall–Kier alpha value is -0.380. The first kappa shape index (κ1) is 16.0. The fourth-order valence-corrected chi connectivity index (χ4v) is 3.37. The zero-order valence-corrected chi connectivity index (χ0v) is 14.1. The number of hydrogen-bond donors (Lipinski definition) is 1. The maximum atomic E-state index is 6.30. The number of hydrogen-bond acceptors (Lipinski definition) is 2. The summed E-state index contributed by atoms with van der Waals surface area (Å²) in [6, 6.07) is 8.57. The standard InChI is InChI=1S/C17H27BrN2/c1-2-3-14-8-11-20(12-9-14)13-10-17(19)15-4-6-16(18)7-5-15/h4-7,14,17H,2-3,8-13,19H2,1H3. The van der Waals surface area contributed by atoms with E-state index in [1.165, 1.54) is 44.3 Å². The van der Waals surface area contributed by atoms with Crippen LogP contribution in [0.15, 0.2) is 28.7 Å². The van der Waals surface area contributed by atoms with E-state index < -0.39 is 0 Å². The van der Waals surface area contributed by atoms with Crippen molar-refractivity contribution >= 4 is 15.9 Å². The minimum absolute atomic E-state index is 0.163. The molecule has 2 N–H and O–H groups in total. The van der Waals surface area contributed by atoms with Gasteiger partial charge in [-0.25, -0.2) is 0 Å². The molecule has 1 heterocycles. The molecule has 1 unspecified atom stereocenters. The number of rotatable bonds is 6. The number of benzene rings is 1. The highest BCUT2D eigenvalue weighted by atomic mass is 79.9. The number of halogens is 1. The maximum absolute atomic E-state index is 6.30. The van der Waals surface area contributed by atoms with Crippen LogP contribution in [0.1, 0.15) is 50.6 Å². The molecular weight excluding hydrogens is 312 g/mol. The molecule has 0 saturated carbocycles. The summed E-state index contributed by atoms with van der Waals surface area (Å²) < 4.78 is 1.12. The second-order valence-electron chi connectivity index (χ2n) is 6.02. The number of piperidine rings is 1. The zero-order valence-electron chi connectivity index (χ0n) is 12.5. The lowest BCUT2D eigenvalue weighted by molar-refractivity contribution is 0.174. The molecule has 2 nitrogen and oxygen atoms in total. The first-order valence-electron chi connectivity index (χ1n) is 7.92. The lowest BCUT2D eigenvalue weighted by Crippen LogP contribution is -2.35. The summed E-state index contributed by atoms with van der Waals surface area (Å²) in [5.74, 6) is 0.969. The van der Waals surface area contributed by atoms with Gasteiger partial charge in [0.1, 0.15) is 0 Å². The van der Waals surface area contributed by atoms with Gasteiger partial charge in [0.05, 0.1) is 0 Å². The molecule has 0 aromatic heterocycles. The average Bonchev–Trinajstić information content (AvgIpc) is 2.47. The van der Waals surface area contributed by atoms with Gasteiger partial charge in [-0.3, -0.25) is 0 Å². The van der Waals surface area contributed by atoms with Crippen LogP contribution in [0.2, 0.25) is 0 Å². The number of likely N-dealkylation sites (tertiary alicyclic amines) is 1. The average molecular weight is 339 g/mol. The predicted molar refractivity (Wildman–Crippen MR) is 89.8 cm³/mol. The van der Waals surface area contributed by atoms with Gasteiger partial charge in [0.2, 0.25) is 0 Å². The molecule has 1 aliphatic rings. The molecule has 20 heavy (non-hydrogen) atoms. The molecule has 112 valence electrons. The summed E-state index contributed by atoms with van der Waals surface area (Å²) in [5, 5.41) is 0. The van der Waals surface area contributed by atoms with Crippen molar-refractivity contribution in [2.24, 2.45) is 11.7 Å². The number of nitrogens with zero attached hydrogens (tertiary/aromatic N) is 1. The zero-order chi connectivity index (χ0) is 14.4. The minimum atomic E-state index is 0.163. The normalized spacial score (nSPS) is 19.1. The van der Waals surface area contributed by atoms with E-state index in [1.54, 1.807) is 0 Å². The predicted octanol–water partition coefficient (Wildman–Crippen LogP) is 4.35. The van der Waals surface area contributed by atoms with Crippen molar-refractivity contribution in [1.29, 1.82) is 0 Å². The Morgan fingerprint density at radius 2 is 1.90 bits per heavy atom. The molecule has 2 rings (SSSR count). The molecule has 0 amide bonds. The summed E-state index contributed by atoms with van der Waals surface area (Å²) in [6.07, 6.45) is 6.55. The Balaban J connectivity index is 1.71. The number of nitrogens with two attached hydrogens (primary N) is 1. The van der Waals surface area contributed by atoms with Crippen LogP contribution in [0.3, 0.4) is 0 Å². The highest BCUT2D eigenvalue weighted by Crippen LogP contribution is 2.23. The van der Waals surface area contributed by atoms with E-state index in [2.05, 4.69) is 52.0 Å². The van der Waals surface area contributed by atoms with E-state index in [4.69, 9.17) is 5.73 Å². The van der Waals surface area contributed by atoms with Crippen molar-refractivity contribution < 1.29 is 0 Å². The third-order valence-electron chi connectivity index (χ3n) is 4.46. The van der Waals surface area contributed by atoms with Gasteiger partial charge in [-0.05, 0) is 62.5 Å². The smallest absolute Gasteiger partial charge is 0.0307 e. The van der Waals surface area contributed by atoms with Gasteiger partial charge < -0.3 is 10.6 Å². The summed E-state index contributed by atoms with van der Waals surface area (Å²) in [6.45, 7) is 5.95. The second kappa shape index (κ2) is 8.16. The van der Waals surface area contributed by atoms with Gasteiger partial charge in [0.15, 0.2) is 0 Å². The summed E-state index contributed by atoms with van der Waals surface area (Å²) in [7, 11) is 0. The van der Waals surface area contributed by atoms with Crippen molar-refractivity contribution in [1.82, 2.24) is 4.90 Å². The lowest BCUT2D eigenvalue weighted by Gasteiger charge is -2.32. The Bertz CT molecular complexity index is 382. The van der Waals surface area contributed by atoms with Gasteiger partial charge in [0, 0.05) is 10.5 Å². The summed E-state index contributed by atoms with van der Waals surface area (Å²) in [5.41, 5.74) is 7.54. The third-order valence-corrected chi connectivity index (χ3v) is 4.99. The highest BCUT2D eigenvalue weighted by Gasteiger charge is 2.18. The van der Waals surface area contributed by atoms with Crippen LogP contribution in [-0.4, -0.2) is 24.5 Å². The molecule has 1 aliphatic heterocycles. The summed E-state index contributed by atoms with van der Waals surface area (Å²) >= 11 is 3.47. The van der Waals surface area contributed by atoms with Gasteiger partial charge in [0.25, 0.3) is 0 Å². The minimum Gasteiger partial charge on any atom is -0.324 e. The Morgan fingerprint density at radius 3 is 2.50 bits per heavy atom. The topological polar surface area (TPSA) is 29.3 Å². The van der Waals surface area contributed by atoms with Crippen LogP contribution in [0, 0.1) is 5.92 Å². The van der Waals surface area contributed by atoms with Crippen LogP contribution in [0.5, 0.6) is 0 Å². The fraction of sp³-hybridized carbons (Fsp3) is 0.647. The van der Waals surface area contributed by atoms with Gasteiger partial charge in [-0.15, -0.1) is 0 Å². The first-order valence-corrected chi connectivity index (χ1v) is 8.71.